The van der Waals surface area contributed by atoms with E-state index in [0.29, 0.717) is 11.7 Å². The zero-order valence-electron chi connectivity index (χ0n) is 11.6. The second-order valence-corrected chi connectivity index (χ2v) is 4.52. The number of hydrogen-bond acceptors (Lipinski definition) is 3. The Labute approximate surface area is 160 Å². The minimum Gasteiger partial charge on any atom is -1.00 e. The van der Waals surface area contributed by atoms with Crippen LogP contribution in [0.3, 0.4) is 0 Å². The average Bonchev–Trinajstić information content (AvgIpc) is 2.40. The molecule has 0 fully saturated rings. The number of rotatable bonds is 5. The molecule has 0 amide bonds. The number of carboxylic acid groups (broad SMARTS) is 1. The van der Waals surface area contributed by atoms with Gasteiger partial charge in [0.2, 0.25) is 0 Å². The van der Waals surface area contributed by atoms with Gasteiger partial charge in [-0.25, -0.2) is 4.79 Å². The molecular weight excluding hydrogens is 287 g/mol. The van der Waals surface area contributed by atoms with Crippen LogP contribution in [0.25, 0.3) is 0 Å². The van der Waals surface area contributed by atoms with E-state index in [-0.39, 0.29) is 58.4 Å². The first-order valence-corrected chi connectivity index (χ1v) is 6.39. The van der Waals surface area contributed by atoms with Crippen LogP contribution in [0.4, 0.5) is 0 Å². The van der Waals surface area contributed by atoms with Crippen LogP contribution in [0.1, 0.15) is 11.8 Å². The quantitative estimate of drug-likeness (QED) is 0.500. The van der Waals surface area contributed by atoms with Crippen LogP contribution in [-0.4, -0.2) is 17.0 Å². The van der Waals surface area contributed by atoms with Gasteiger partial charge in [0.05, 0.1) is 0 Å². The molecule has 0 bridgehead atoms. The van der Waals surface area contributed by atoms with Crippen LogP contribution in [0.5, 0.6) is 5.75 Å². The third-order valence-corrected chi connectivity index (χ3v) is 3.14. The van der Waals surface area contributed by atoms with Gasteiger partial charge in [0.1, 0.15) is 17.3 Å². The van der Waals surface area contributed by atoms with Gasteiger partial charge >= 0.3 is 57.4 Å². The zero-order valence-corrected chi connectivity index (χ0v) is 14.5. The zero-order chi connectivity index (χ0) is 12.8. The Hall–Kier alpha value is -0.304. The predicted molar refractivity (Wildman–Crippen MR) is 72.3 cm³/mol. The van der Waals surface area contributed by atoms with Gasteiger partial charge in [-0.15, -0.1) is 0 Å². The fraction of sp³-hybridized carbons (Fsp3) is 0.0714. The smallest absolute Gasteiger partial charge is 1.00 e. The molecular formula is C14H13KO3S. The van der Waals surface area contributed by atoms with Crippen molar-refractivity contribution in [2.45, 2.75) is 4.90 Å². The number of para-hydroxylation sites is 1. The summed E-state index contributed by atoms with van der Waals surface area (Å²) in [5.74, 6) is -0.197. The Morgan fingerprint density at radius 1 is 1.11 bits per heavy atom. The molecule has 0 saturated carbocycles. The van der Waals surface area contributed by atoms with Crippen molar-refractivity contribution in [3.05, 3.63) is 60.2 Å². The van der Waals surface area contributed by atoms with Gasteiger partial charge in [-0.2, -0.15) is 0 Å². The van der Waals surface area contributed by atoms with Crippen LogP contribution < -0.4 is 56.1 Å². The van der Waals surface area contributed by atoms with Gasteiger partial charge in [0.25, 0.3) is 0 Å². The topological polar surface area (TPSA) is 46.5 Å². The maximum Gasteiger partial charge on any atom is 1.00 e. The Balaban J connectivity index is 0.00000180. The summed E-state index contributed by atoms with van der Waals surface area (Å²) in [4.78, 5) is 12.1. The summed E-state index contributed by atoms with van der Waals surface area (Å²) >= 11 is 1.52. The largest absolute Gasteiger partial charge is 1.00 e. The van der Waals surface area contributed by atoms with E-state index in [2.05, 4.69) is 0 Å². The SMILES string of the molecule is O=C(O)c1ccccc1OCSc1ccccc1.[H-].[K+]. The van der Waals surface area contributed by atoms with Crippen molar-refractivity contribution in [3.8, 4) is 5.75 Å². The maximum atomic E-state index is 11.0. The Morgan fingerprint density at radius 3 is 2.42 bits per heavy atom. The molecule has 1 N–H and O–H groups in total. The average molecular weight is 300 g/mol. The number of hydrogen-bond donors (Lipinski definition) is 1. The molecule has 0 aliphatic rings. The molecule has 94 valence electrons. The van der Waals surface area contributed by atoms with E-state index in [0.717, 1.165) is 4.90 Å². The van der Waals surface area contributed by atoms with Crippen molar-refractivity contribution in [3.63, 3.8) is 0 Å². The summed E-state index contributed by atoms with van der Waals surface area (Å²) in [6.45, 7) is 0. The number of carbonyl (C=O) groups is 1. The number of carboxylic acids is 1. The van der Waals surface area contributed by atoms with E-state index in [4.69, 9.17) is 9.84 Å². The molecule has 2 rings (SSSR count). The first kappa shape index (κ1) is 16.7. The van der Waals surface area contributed by atoms with Crippen LogP contribution >= 0.6 is 11.8 Å². The summed E-state index contributed by atoms with van der Waals surface area (Å²) in [7, 11) is 0. The van der Waals surface area contributed by atoms with E-state index in [9.17, 15) is 4.79 Å². The maximum absolute atomic E-state index is 11.0. The standard InChI is InChI=1S/C14H12O3S.K.H/c15-14(16)12-8-4-5-9-13(12)17-10-18-11-6-2-1-3-7-11;;/h1-9H,10H2,(H,15,16);;/q;+1;-1. The Morgan fingerprint density at radius 2 is 1.74 bits per heavy atom. The van der Waals surface area contributed by atoms with Crippen LogP contribution in [0, 0.1) is 0 Å². The van der Waals surface area contributed by atoms with Gasteiger partial charge < -0.3 is 11.3 Å². The van der Waals surface area contributed by atoms with Crippen molar-refractivity contribution < 1.29 is 67.4 Å². The number of benzene rings is 2. The van der Waals surface area contributed by atoms with Gasteiger partial charge in [0.15, 0.2) is 0 Å². The summed E-state index contributed by atoms with van der Waals surface area (Å²) in [6, 6.07) is 16.5. The molecule has 3 nitrogen and oxygen atoms in total. The third-order valence-electron chi connectivity index (χ3n) is 2.30. The minimum absolute atomic E-state index is 0. The molecule has 0 aromatic heterocycles. The molecule has 0 unspecified atom stereocenters. The molecule has 0 aliphatic heterocycles. The molecule has 5 heteroatoms. The van der Waals surface area contributed by atoms with Gasteiger partial charge in [-0.05, 0) is 24.3 Å². The fourth-order valence-corrected chi connectivity index (χ4v) is 2.12. The fourth-order valence-electron chi connectivity index (χ4n) is 1.45. The van der Waals surface area contributed by atoms with Gasteiger partial charge in [-0.1, -0.05) is 42.1 Å². The second kappa shape index (κ2) is 8.79. The monoisotopic (exact) mass is 300 g/mol. The molecule has 2 aromatic rings. The summed E-state index contributed by atoms with van der Waals surface area (Å²) in [6.07, 6.45) is 0. The summed E-state index contributed by atoms with van der Waals surface area (Å²) in [5.41, 5.74) is 0.186. The number of ether oxygens (including phenoxy) is 1. The molecule has 0 spiro atoms. The second-order valence-electron chi connectivity index (χ2n) is 3.52. The first-order chi connectivity index (χ1) is 8.77. The Bertz CT molecular complexity index is 537. The molecule has 0 radical (unpaired) electrons. The van der Waals surface area contributed by atoms with Gasteiger partial charge in [0, 0.05) is 4.90 Å². The molecule has 0 atom stereocenters. The van der Waals surface area contributed by atoms with Crippen LogP contribution in [0.2, 0.25) is 0 Å². The Kier molecular flexibility index (Phi) is 7.75. The van der Waals surface area contributed by atoms with E-state index in [1.54, 1.807) is 18.2 Å². The van der Waals surface area contributed by atoms with E-state index in [1.807, 2.05) is 30.3 Å². The first-order valence-electron chi connectivity index (χ1n) is 5.40. The van der Waals surface area contributed by atoms with Gasteiger partial charge in [-0.3, -0.25) is 0 Å². The molecule has 19 heavy (non-hydrogen) atoms. The normalized spacial score (nSPS) is 9.47. The molecule has 2 aromatic carbocycles. The van der Waals surface area contributed by atoms with Crippen molar-refractivity contribution >= 4 is 17.7 Å². The van der Waals surface area contributed by atoms with E-state index in [1.165, 1.54) is 17.8 Å². The number of thioether (sulfide) groups is 1. The summed E-state index contributed by atoms with van der Waals surface area (Å²) in [5, 5.41) is 9.00. The van der Waals surface area contributed by atoms with E-state index < -0.39 is 5.97 Å². The van der Waals surface area contributed by atoms with Crippen molar-refractivity contribution in [1.29, 1.82) is 0 Å². The summed E-state index contributed by atoms with van der Waals surface area (Å²) < 4.78 is 5.48. The molecule has 0 heterocycles. The third kappa shape index (κ3) is 5.29. The van der Waals surface area contributed by atoms with Crippen LogP contribution in [-0.2, 0) is 0 Å². The molecule has 0 saturated heterocycles. The van der Waals surface area contributed by atoms with Crippen molar-refractivity contribution in [2.75, 3.05) is 5.94 Å². The number of aromatic carboxylic acids is 1. The van der Waals surface area contributed by atoms with E-state index >= 15 is 0 Å². The van der Waals surface area contributed by atoms with Crippen LogP contribution in [0.15, 0.2) is 59.5 Å². The molecule has 0 aliphatic carbocycles. The minimum atomic E-state index is -0.977. The van der Waals surface area contributed by atoms with Crippen molar-refractivity contribution in [1.82, 2.24) is 0 Å². The van der Waals surface area contributed by atoms with Crippen molar-refractivity contribution in [2.24, 2.45) is 0 Å². The predicted octanol–water partition coefficient (Wildman–Crippen LogP) is 0.630.